The van der Waals surface area contributed by atoms with E-state index in [4.69, 9.17) is 0 Å². The Morgan fingerprint density at radius 1 is 1.23 bits per heavy atom. The number of rotatable bonds is 8. The Bertz CT molecular complexity index is 832. The van der Waals surface area contributed by atoms with Crippen LogP contribution in [-0.4, -0.2) is 28.2 Å². The van der Waals surface area contributed by atoms with E-state index < -0.39 is 0 Å². The van der Waals surface area contributed by atoms with Gasteiger partial charge in [0.05, 0.1) is 12.1 Å². The van der Waals surface area contributed by atoms with Gasteiger partial charge in [-0.3, -0.25) is 9.78 Å². The maximum Gasteiger partial charge on any atom is 0.226 e. The van der Waals surface area contributed by atoms with Gasteiger partial charge >= 0.3 is 0 Å². The number of pyridine rings is 1. The van der Waals surface area contributed by atoms with Crippen molar-refractivity contribution in [3.8, 4) is 10.6 Å². The minimum Gasteiger partial charge on any atom is -0.355 e. The van der Waals surface area contributed by atoms with Gasteiger partial charge in [-0.25, -0.2) is 4.98 Å². The molecule has 0 aliphatic carbocycles. The van der Waals surface area contributed by atoms with Gasteiger partial charge in [0, 0.05) is 41.4 Å². The van der Waals surface area contributed by atoms with Gasteiger partial charge in [-0.15, -0.1) is 11.3 Å². The first kappa shape index (κ1) is 18.6. The molecule has 0 bridgehead atoms. The molecule has 0 atom stereocenters. The molecule has 134 valence electrons. The number of benzene rings is 1. The zero-order valence-electron chi connectivity index (χ0n) is 14.6. The minimum absolute atomic E-state index is 0.0176. The Morgan fingerprint density at radius 2 is 2.08 bits per heavy atom. The van der Waals surface area contributed by atoms with E-state index in [-0.39, 0.29) is 5.91 Å². The van der Waals surface area contributed by atoms with E-state index >= 15 is 0 Å². The number of hydrogen-bond acceptors (Lipinski definition) is 5. The average Bonchev–Trinajstić information content (AvgIpc) is 3.12. The molecular formula is C20H21N3OS2. The molecule has 4 nitrogen and oxygen atoms in total. The topological polar surface area (TPSA) is 54.9 Å². The molecule has 3 rings (SSSR count). The third kappa shape index (κ3) is 5.68. The average molecular weight is 384 g/mol. The predicted molar refractivity (Wildman–Crippen MR) is 109 cm³/mol. The number of hydrogen-bond donors (Lipinski definition) is 1. The van der Waals surface area contributed by atoms with E-state index in [1.54, 1.807) is 12.4 Å². The van der Waals surface area contributed by atoms with Gasteiger partial charge in [0.15, 0.2) is 0 Å². The van der Waals surface area contributed by atoms with Gasteiger partial charge in [-0.2, -0.15) is 11.8 Å². The summed E-state index contributed by atoms with van der Waals surface area (Å²) in [5.41, 5.74) is 4.38. The van der Waals surface area contributed by atoms with Crippen LogP contribution in [0.4, 0.5) is 0 Å². The van der Waals surface area contributed by atoms with Crippen LogP contribution in [0, 0.1) is 6.92 Å². The van der Waals surface area contributed by atoms with Crippen LogP contribution in [0.1, 0.15) is 16.8 Å². The molecule has 2 heterocycles. The maximum absolute atomic E-state index is 12.1. The summed E-state index contributed by atoms with van der Waals surface area (Å²) < 4.78 is 0. The van der Waals surface area contributed by atoms with E-state index in [0.29, 0.717) is 13.0 Å². The summed E-state index contributed by atoms with van der Waals surface area (Å²) in [5.74, 6) is 1.89. The normalized spacial score (nSPS) is 10.7. The second-order valence-electron chi connectivity index (χ2n) is 5.95. The molecule has 2 aromatic heterocycles. The van der Waals surface area contributed by atoms with Crippen LogP contribution in [0.2, 0.25) is 0 Å². The Morgan fingerprint density at radius 3 is 2.85 bits per heavy atom. The number of nitrogens with one attached hydrogen (secondary N) is 1. The molecule has 0 saturated heterocycles. The summed E-state index contributed by atoms with van der Waals surface area (Å²) >= 11 is 3.37. The molecule has 0 fully saturated rings. The standard InChI is InChI=1S/C20H21N3OS2/c1-15-4-6-16(7-5-15)13-25-10-9-22-19(24)11-18-14-26-20(23-18)17-3-2-8-21-12-17/h2-8,12,14H,9-11,13H2,1H3,(H,22,24). The summed E-state index contributed by atoms with van der Waals surface area (Å²) in [6.45, 7) is 2.77. The van der Waals surface area contributed by atoms with E-state index in [0.717, 1.165) is 27.8 Å². The molecule has 0 spiro atoms. The lowest BCUT2D eigenvalue weighted by atomic mass is 10.2. The summed E-state index contributed by atoms with van der Waals surface area (Å²) in [4.78, 5) is 20.7. The van der Waals surface area contributed by atoms with Crippen molar-refractivity contribution in [1.29, 1.82) is 0 Å². The highest BCUT2D eigenvalue weighted by atomic mass is 32.2. The fourth-order valence-corrected chi connectivity index (χ4v) is 4.00. The monoisotopic (exact) mass is 383 g/mol. The molecule has 0 unspecified atom stereocenters. The largest absolute Gasteiger partial charge is 0.355 e. The van der Waals surface area contributed by atoms with Gasteiger partial charge in [0.1, 0.15) is 5.01 Å². The summed E-state index contributed by atoms with van der Waals surface area (Å²) in [6.07, 6.45) is 3.84. The number of amides is 1. The molecule has 6 heteroatoms. The third-order valence-electron chi connectivity index (χ3n) is 3.76. The first-order chi connectivity index (χ1) is 12.7. The number of thiazole rings is 1. The number of aryl methyl sites for hydroxylation is 1. The van der Waals surface area contributed by atoms with Crippen LogP contribution < -0.4 is 5.32 Å². The second kappa shape index (κ2) is 9.50. The fourth-order valence-electron chi connectivity index (χ4n) is 2.37. The van der Waals surface area contributed by atoms with Crippen LogP contribution >= 0.6 is 23.1 Å². The van der Waals surface area contributed by atoms with E-state index in [2.05, 4.69) is 46.5 Å². The molecular weight excluding hydrogens is 362 g/mol. The second-order valence-corrected chi connectivity index (χ2v) is 7.91. The highest BCUT2D eigenvalue weighted by molar-refractivity contribution is 7.98. The van der Waals surface area contributed by atoms with Gasteiger partial charge in [0.2, 0.25) is 5.91 Å². The lowest BCUT2D eigenvalue weighted by Crippen LogP contribution is -2.27. The Hall–Kier alpha value is -2.18. The lowest BCUT2D eigenvalue weighted by Gasteiger charge is -2.05. The highest BCUT2D eigenvalue weighted by Gasteiger charge is 2.08. The van der Waals surface area contributed by atoms with Gasteiger partial charge in [-0.1, -0.05) is 29.8 Å². The Kier molecular flexibility index (Phi) is 6.80. The zero-order chi connectivity index (χ0) is 18.2. The summed E-state index contributed by atoms with van der Waals surface area (Å²) in [5, 5.41) is 5.80. The quantitative estimate of drug-likeness (QED) is 0.595. The van der Waals surface area contributed by atoms with Crippen molar-refractivity contribution >= 4 is 29.0 Å². The first-order valence-corrected chi connectivity index (χ1v) is 10.5. The molecule has 0 aliphatic rings. The molecule has 1 amide bonds. The number of aromatic nitrogens is 2. The van der Waals surface area contributed by atoms with E-state index in [1.807, 2.05) is 29.3 Å². The van der Waals surface area contributed by atoms with Gasteiger partial charge in [-0.05, 0) is 24.6 Å². The summed E-state index contributed by atoms with van der Waals surface area (Å²) in [7, 11) is 0. The molecule has 0 saturated carbocycles. The van der Waals surface area contributed by atoms with E-state index in [9.17, 15) is 4.79 Å². The number of carbonyl (C=O) groups excluding carboxylic acids is 1. The van der Waals surface area contributed by atoms with Crippen molar-refractivity contribution in [1.82, 2.24) is 15.3 Å². The Labute approximate surface area is 162 Å². The zero-order valence-corrected chi connectivity index (χ0v) is 16.3. The fraction of sp³-hybridized carbons (Fsp3) is 0.250. The maximum atomic E-state index is 12.1. The third-order valence-corrected chi connectivity index (χ3v) is 5.73. The minimum atomic E-state index is 0.0176. The first-order valence-electron chi connectivity index (χ1n) is 8.45. The molecule has 0 radical (unpaired) electrons. The van der Waals surface area contributed by atoms with Crippen LogP contribution in [0.25, 0.3) is 10.6 Å². The number of thioether (sulfide) groups is 1. The molecule has 3 aromatic rings. The smallest absolute Gasteiger partial charge is 0.226 e. The van der Waals surface area contributed by atoms with Crippen molar-refractivity contribution in [2.45, 2.75) is 19.1 Å². The van der Waals surface area contributed by atoms with Crippen molar-refractivity contribution < 1.29 is 4.79 Å². The molecule has 26 heavy (non-hydrogen) atoms. The lowest BCUT2D eigenvalue weighted by molar-refractivity contribution is -0.120. The Balaban J connectivity index is 1.37. The van der Waals surface area contributed by atoms with Gasteiger partial charge < -0.3 is 5.32 Å². The van der Waals surface area contributed by atoms with Crippen LogP contribution in [0.15, 0.2) is 54.2 Å². The van der Waals surface area contributed by atoms with Crippen molar-refractivity contribution in [3.05, 3.63) is 71.0 Å². The molecule has 0 aliphatic heterocycles. The number of nitrogens with zero attached hydrogens (tertiary/aromatic N) is 2. The van der Waals surface area contributed by atoms with Crippen molar-refractivity contribution in [2.24, 2.45) is 0 Å². The highest BCUT2D eigenvalue weighted by Crippen LogP contribution is 2.22. The van der Waals surface area contributed by atoms with Crippen molar-refractivity contribution in [2.75, 3.05) is 12.3 Å². The van der Waals surface area contributed by atoms with Crippen LogP contribution in [0.5, 0.6) is 0 Å². The summed E-state index contributed by atoms with van der Waals surface area (Å²) in [6, 6.07) is 12.4. The number of carbonyl (C=O) groups is 1. The SMILES string of the molecule is Cc1ccc(CSCCNC(=O)Cc2csc(-c3cccnc3)n2)cc1. The van der Waals surface area contributed by atoms with Crippen molar-refractivity contribution in [3.63, 3.8) is 0 Å². The molecule has 1 aromatic carbocycles. The van der Waals surface area contributed by atoms with Crippen LogP contribution in [0.3, 0.4) is 0 Å². The van der Waals surface area contributed by atoms with Crippen LogP contribution in [-0.2, 0) is 17.0 Å². The predicted octanol–water partition coefficient (Wildman–Crippen LogP) is 4.11. The molecule has 1 N–H and O–H groups in total. The van der Waals surface area contributed by atoms with Gasteiger partial charge in [0.25, 0.3) is 0 Å². The van der Waals surface area contributed by atoms with E-state index in [1.165, 1.54) is 22.5 Å².